The van der Waals surface area contributed by atoms with Crippen molar-refractivity contribution in [3.8, 4) is 0 Å². The molecule has 2 rings (SSSR count). The summed E-state index contributed by atoms with van der Waals surface area (Å²) in [6.45, 7) is 11.7. The highest BCUT2D eigenvalue weighted by Crippen LogP contribution is 2.17. The summed E-state index contributed by atoms with van der Waals surface area (Å²) in [7, 11) is 0. The van der Waals surface area contributed by atoms with E-state index in [0.29, 0.717) is 24.9 Å². The molecule has 2 unspecified atom stereocenters. The van der Waals surface area contributed by atoms with Crippen LogP contribution in [0.1, 0.15) is 49.8 Å². The maximum Gasteiger partial charge on any atom is 0.224 e. The van der Waals surface area contributed by atoms with Crippen molar-refractivity contribution in [2.45, 2.75) is 59.4 Å². The molecule has 2 heterocycles. The number of thiophene rings is 1. The van der Waals surface area contributed by atoms with Crippen molar-refractivity contribution < 1.29 is 4.79 Å². The fourth-order valence-electron chi connectivity index (χ4n) is 3.34. The Morgan fingerprint density at radius 2 is 2.22 bits per heavy atom. The van der Waals surface area contributed by atoms with Crippen molar-refractivity contribution in [2.75, 3.05) is 26.2 Å². The standard InChI is InChI=1S/C20H34N4OS.HI/c1-5-21-20(23-16(3)13-18-9-8-17(4)26-18)22-11-10-19(25)24-12-6-7-15(2)14-24;/h8-9,15-16H,5-7,10-14H2,1-4H3,(H2,21,22,23);1H. The van der Waals surface area contributed by atoms with Crippen LogP contribution in [0, 0.1) is 12.8 Å². The number of nitrogens with zero attached hydrogens (tertiary/aromatic N) is 2. The third-order valence-corrected chi connectivity index (χ3v) is 5.66. The van der Waals surface area contributed by atoms with Gasteiger partial charge in [0.2, 0.25) is 5.91 Å². The second-order valence-corrected chi connectivity index (χ2v) is 8.73. The summed E-state index contributed by atoms with van der Waals surface area (Å²) in [5, 5.41) is 6.74. The molecule has 0 radical (unpaired) electrons. The minimum absolute atomic E-state index is 0. The lowest BCUT2D eigenvalue weighted by atomic mass is 10.00. The van der Waals surface area contributed by atoms with Crippen LogP contribution in [0.5, 0.6) is 0 Å². The molecule has 1 amide bonds. The van der Waals surface area contributed by atoms with Crippen molar-refractivity contribution >= 4 is 47.2 Å². The Bertz CT molecular complexity index is 605. The fraction of sp³-hybridized carbons (Fsp3) is 0.700. The lowest BCUT2D eigenvalue weighted by Gasteiger charge is -2.30. The summed E-state index contributed by atoms with van der Waals surface area (Å²) < 4.78 is 0. The lowest BCUT2D eigenvalue weighted by molar-refractivity contribution is -0.132. The van der Waals surface area contributed by atoms with Crippen LogP contribution in [0.2, 0.25) is 0 Å². The average molecular weight is 506 g/mol. The van der Waals surface area contributed by atoms with E-state index in [1.807, 2.05) is 16.2 Å². The second-order valence-electron chi connectivity index (χ2n) is 7.36. The molecular formula is C20H35IN4OS. The molecular weight excluding hydrogens is 471 g/mol. The van der Waals surface area contributed by atoms with Crippen LogP contribution in [0.3, 0.4) is 0 Å². The highest BCUT2D eigenvalue weighted by atomic mass is 127. The quantitative estimate of drug-likeness (QED) is 0.336. The molecule has 7 heteroatoms. The Hall–Kier alpha value is -0.830. The summed E-state index contributed by atoms with van der Waals surface area (Å²) >= 11 is 1.84. The Morgan fingerprint density at radius 3 is 2.85 bits per heavy atom. The van der Waals surface area contributed by atoms with Gasteiger partial charge < -0.3 is 15.5 Å². The van der Waals surface area contributed by atoms with E-state index in [0.717, 1.165) is 38.4 Å². The van der Waals surface area contributed by atoms with Crippen LogP contribution in [-0.2, 0) is 11.2 Å². The Morgan fingerprint density at radius 1 is 1.44 bits per heavy atom. The zero-order chi connectivity index (χ0) is 18.9. The molecule has 2 N–H and O–H groups in total. The van der Waals surface area contributed by atoms with Crippen molar-refractivity contribution in [2.24, 2.45) is 10.9 Å². The largest absolute Gasteiger partial charge is 0.357 e. The summed E-state index contributed by atoms with van der Waals surface area (Å²) in [6, 6.07) is 4.66. The van der Waals surface area contributed by atoms with Gasteiger partial charge in [0.25, 0.3) is 0 Å². The number of nitrogens with one attached hydrogen (secondary N) is 2. The van der Waals surface area contributed by atoms with Crippen LogP contribution in [-0.4, -0.2) is 49.0 Å². The van der Waals surface area contributed by atoms with Gasteiger partial charge in [0.15, 0.2) is 5.96 Å². The van der Waals surface area contributed by atoms with Crippen LogP contribution in [0.25, 0.3) is 0 Å². The first-order valence-corrected chi connectivity index (χ1v) is 10.7. The summed E-state index contributed by atoms with van der Waals surface area (Å²) in [4.78, 5) is 21.7. The molecule has 1 aliphatic rings. The number of hydrogen-bond donors (Lipinski definition) is 2. The number of hydrogen-bond acceptors (Lipinski definition) is 3. The van der Waals surface area contributed by atoms with E-state index in [-0.39, 0.29) is 29.9 Å². The normalized spacial score (nSPS) is 18.6. The lowest BCUT2D eigenvalue weighted by Crippen LogP contribution is -2.43. The fourth-order valence-corrected chi connectivity index (χ4v) is 4.36. The molecule has 0 bridgehead atoms. The topological polar surface area (TPSA) is 56.7 Å². The van der Waals surface area contributed by atoms with E-state index in [1.165, 1.54) is 16.2 Å². The molecule has 154 valence electrons. The Balaban J connectivity index is 0.00000364. The molecule has 0 spiro atoms. The van der Waals surface area contributed by atoms with Crippen molar-refractivity contribution in [3.63, 3.8) is 0 Å². The van der Waals surface area contributed by atoms with Gasteiger partial charge in [-0.15, -0.1) is 35.3 Å². The number of piperidine rings is 1. The third kappa shape index (κ3) is 8.81. The minimum atomic E-state index is 0. The number of likely N-dealkylation sites (tertiary alicyclic amines) is 1. The zero-order valence-corrected chi connectivity index (χ0v) is 20.2. The Kier molecular flexibility index (Phi) is 11.3. The molecule has 0 saturated carbocycles. The molecule has 5 nitrogen and oxygen atoms in total. The van der Waals surface area contributed by atoms with Crippen molar-refractivity contribution in [1.29, 1.82) is 0 Å². The molecule has 1 saturated heterocycles. The number of amides is 1. The summed E-state index contributed by atoms with van der Waals surface area (Å²) in [6.07, 6.45) is 3.83. The van der Waals surface area contributed by atoms with Gasteiger partial charge >= 0.3 is 0 Å². The predicted molar refractivity (Wildman–Crippen MR) is 126 cm³/mol. The Labute approximate surface area is 185 Å². The molecule has 1 fully saturated rings. The zero-order valence-electron chi connectivity index (χ0n) is 17.1. The van der Waals surface area contributed by atoms with E-state index in [2.05, 4.69) is 55.5 Å². The van der Waals surface area contributed by atoms with Gasteiger partial charge in [0, 0.05) is 48.3 Å². The summed E-state index contributed by atoms with van der Waals surface area (Å²) in [5.74, 6) is 1.66. The SMILES string of the molecule is CCNC(=NCCC(=O)N1CCCC(C)C1)NC(C)Cc1ccc(C)s1.I. The van der Waals surface area contributed by atoms with Gasteiger partial charge in [-0.3, -0.25) is 9.79 Å². The summed E-state index contributed by atoms with van der Waals surface area (Å²) in [5.41, 5.74) is 0. The van der Waals surface area contributed by atoms with Crippen molar-refractivity contribution in [1.82, 2.24) is 15.5 Å². The van der Waals surface area contributed by atoms with Gasteiger partial charge in [0.05, 0.1) is 6.54 Å². The molecule has 1 aromatic rings. The predicted octanol–water partition coefficient (Wildman–Crippen LogP) is 3.81. The van der Waals surface area contributed by atoms with E-state index < -0.39 is 0 Å². The molecule has 2 atom stereocenters. The van der Waals surface area contributed by atoms with Crippen molar-refractivity contribution in [3.05, 3.63) is 21.9 Å². The average Bonchev–Trinajstić information content (AvgIpc) is 2.99. The van der Waals surface area contributed by atoms with Crippen LogP contribution in [0.4, 0.5) is 0 Å². The van der Waals surface area contributed by atoms with E-state index in [1.54, 1.807) is 0 Å². The molecule has 1 aromatic heterocycles. The van der Waals surface area contributed by atoms with Gasteiger partial charge in [-0.1, -0.05) is 6.92 Å². The van der Waals surface area contributed by atoms with E-state index >= 15 is 0 Å². The van der Waals surface area contributed by atoms with Crippen LogP contribution < -0.4 is 10.6 Å². The first-order valence-electron chi connectivity index (χ1n) is 9.85. The number of carbonyl (C=O) groups is 1. The van der Waals surface area contributed by atoms with Gasteiger partial charge in [-0.05, 0) is 51.7 Å². The first kappa shape index (κ1) is 24.2. The molecule has 0 aliphatic carbocycles. The maximum atomic E-state index is 12.4. The highest BCUT2D eigenvalue weighted by Gasteiger charge is 2.20. The number of carbonyl (C=O) groups excluding carboxylic acids is 1. The third-order valence-electron chi connectivity index (χ3n) is 4.64. The number of halogens is 1. The van der Waals surface area contributed by atoms with Gasteiger partial charge in [-0.25, -0.2) is 0 Å². The number of aryl methyl sites for hydroxylation is 1. The number of aliphatic imine (C=N–C) groups is 1. The number of guanidine groups is 1. The van der Waals surface area contributed by atoms with E-state index in [4.69, 9.17) is 0 Å². The van der Waals surface area contributed by atoms with Gasteiger partial charge in [0.1, 0.15) is 0 Å². The molecule has 27 heavy (non-hydrogen) atoms. The minimum Gasteiger partial charge on any atom is -0.357 e. The smallest absolute Gasteiger partial charge is 0.224 e. The molecule has 1 aliphatic heterocycles. The van der Waals surface area contributed by atoms with Gasteiger partial charge in [-0.2, -0.15) is 0 Å². The highest BCUT2D eigenvalue weighted by molar-refractivity contribution is 14.0. The van der Waals surface area contributed by atoms with E-state index in [9.17, 15) is 4.79 Å². The molecule has 0 aromatic carbocycles. The second kappa shape index (κ2) is 12.6. The monoisotopic (exact) mass is 506 g/mol. The van der Waals surface area contributed by atoms with Crippen LogP contribution >= 0.6 is 35.3 Å². The number of rotatable bonds is 7. The maximum absolute atomic E-state index is 12.4. The first-order chi connectivity index (χ1) is 12.5. The van der Waals surface area contributed by atoms with Crippen LogP contribution in [0.15, 0.2) is 17.1 Å².